The van der Waals surface area contributed by atoms with Gasteiger partial charge < -0.3 is 10.4 Å². The highest BCUT2D eigenvalue weighted by atomic mass is 32.2. The second-order valence-corrected chi connectivity index (χ2v) is 6.26. The lowest BCUT2D eigenvalue weighted by molar-refractivity contribution is 0.175. The summed E-state index contributed by atoms with van der Waals surface area (Å²) in [5.41, 5.74) is 1.20. The molecule has 0 fully saturated rings. The zero-order chi connectivity index (χ0) is 13.4. The van der Waals surface area contributed by atoms with Crippen molar-refractivity contribution in [2.45, 2.75) is 37.7 Å². The molecule has 0 spiro atoms. The van der Waals surface area contributed by atoms with Crippen molar-refractivity contribution in [2.75, 3.05) is 19.3 Å². The van der Waals surface area contributed by atoms with Gasteiger partial charge in [-0.05, 0) is 49.3 Å². The number of nitrogens with one attached hydrogen (secondary N) is 1. The van der Waals surface area contributed by atoms with Crippen LogP contribution in [0.3, 0.4) is 0 Å². The number of aliphatic hydroxyl groups excluding tert-OH is 1. The largest absolute Gasteiger partial charge is 0.391 e. The summed E-state index contributed by atoms with van der Waals surface area (Å²) in [6.45, 7) is 5.16. The number of rotatable bonds is 8. The Bertz CT molecular complexity index is 324. The van der Waals surface area contributed by atoms with Crippen LogP contribution >= 0.6 is 11.8 Å². The molecule has 102 valence electrons. The summed E-state index contributed by atoms with van der Waals surface area (Å²) in [6, 6.07) is 8.56. The van der Waals surface area contributed by atoms with Gasteiger partial charge >= 0.3 is 0 Å². The first kappa shape index (κ1) is 15.5. The van der Waals surface area contributed by atoms with Crippen LogP contribution < -0.4 is 5.32 Å². The molecule has 2 nitrogen and oxygen atoms in total. The van der Waals surface area contributed by atoms with Crippen LogP contribution in [0.15, 0.2) is 29.2 Å². The minimum atomic E-state index is -0.297. The quantitative estimate of drug-likeness (QED) is 0.710. The molecule has 0 aliphatic carbocycles. The number of benzene rings is 1. The Morgan fingerprint density at radius 2 is 1.89 bits per heavy atom. The van der Waals surface area contributed by atoms with Gasteiger partial charge in [-0.2, -0.15) is 0 Å². The Labute approximate surface area is 115 Å². The van der Waals surface area contributed by atoms with Gasteiger partial charge in [-0.25, -0.2) is 0 Å². The Morgan fingerprint density at radius 3 is 2.44 bits per heavy atom. The zero-order valence-electron chi connectivity index (χ0n) is 11.6. The van der Waals surface area contributed by atoms with Crippen molar-refractivity contribution in [1.29, 1.82) is 0 Å². The monoisotopic (exact) mass is 267 g/mol. The summed E-state index contributed by atoms with van der Waals surface area (Å²) in [4.78, 5) is 1.32. The number of aliphatic hydroxyl groups is 1. The van der Waals surface area contributed by atoms with E-state index in [1.54, 1.807) is 0 Å². The SMILES string of the molecule is CNCC(O)Cc1ccc(SCCC(C)C)cc1. The molecule has 1 aromatic carbocycles. The van der Waals surface area contributed by atoms with E-state index in [1.165, 1.54) is 22.6 Å². The Morgan fingerprint density at radius 1 is 1.22 bits per heavy atom. The third kappa shape index (κ3) is 6.43. The molecule has 0 saturated carbocycles. The predicted molar refractivity (Wildman–Crippen MR) is 80.3 cm³/mol. The van der Waals surface area contributed by atoms with Gasteiger partial charge in [0.1, 0.15) is 0 Å². The summed E-state index contributed by atoms with van der Waals surface area (Å²) in [5, 5.41) is 12.7. The highest BCUT2D eigenvalue weighted by Gasteiger charge is 2.04. The van der Waals surface area contributed by atoms with E-state index in [0.717, 1.165) is 12.3 Å². The smallest absolute Gasteiger partial charge is 0.0704 e. The van der Waals surface area contributed by atoms with E-state index in [-0.39, 0.29) is 6.10 Å². The van der Waals surface area contributed by atoms with Crippen LogP contribution in [-0.4, -0.2) is 30.6 Å². The standard InChI is InChI=1S/C15H25NOS/c1-12(2)8-9-18-15-6-4-13(5-7-15)10-14(17)11-16-3/h4-7,12,14,16-17H,8-11H2,1-3H3. The molecule has 0 bridgehead atoms. The van der Waals surface area contributed by atoms with Crippen molar-refractivity contribution < 1.29 is 5.11 Å². The van der Waals surface area contributed by atoms with Gasteiger partial charge in [-0.1, -0.05) is 26.0 Å². The second kappa shape index (κ2) is 8.57. The first-order valence-corrected chi connectivity index (χ1v) is 7.64. The third-order valence-corrected chi connectivity index (χ3v) is 3.84. The van der Waals surface area contributed by atoms with Crippen LogP contribution in [-0.2, 0) is 6.42 Å². The fourth-order valence-electron chi connectivity index (χ4n) is 1.71. The van der Waals surface area contributed by atoms with Gasteiger partial charge in [0.05, 0.1) is 6.10 Å². The summed E-state index contributed by atoms with van der Waals surface area (Å²) in [5.74, 6) is 1.95. The van der Waals surface area contributed by atoms with Crippen molar-refractivity contribution in [3.8, 4) is 0 Å². The minimum absolute atomic E-state index is 0.297. The van der Waals surface area contributed by atoms with E-state index in [9.17, 15) is 5.11 Å². The van der Waals surface area contributed by atoms with Gasteiger partial charge in [0.2, 0.25) is 0 Å². The number of likely N-dealkylation sites (N-methyl/N-ethyl adjacent to an activating group) is 1. The molecule has 0 aliphatic rings. The highest BCUT2D eigenvalue weighted by molar-refractivity contribution is 7.99. The van der Waals surface area contributed by atoms with Crippen molar-refractivity contribution in [1.82, 2.24) is 5.32 Å². The maximum atomic E-state index is 9.71. The number of hydrogen-bond acceptors (Lipinski definition) is 3. The van der Waals surface area contributed by atoms with Gasteiger partial charge in [0.15, 0.2) is 0 Å². The normalized spacial score (nSPS) is 12.9. The van der Waals surface area contributed by atoms with Crippen molar-refractivity contribution in [3.05, 3.63) is 29.8 Å². The van der Waals surface area contributed by atoms with E-state index in [4.69, 9.17) is 0 Å². The maximum absolute atomic E-state index is 9.71. The first-order valence-electron chi connectivity index (χ1n) is 6.66. The molecule has 0 aromatic heterocycles. The molecule has 1 atom stereocenters. The van der Waals surface area contributed by atoms with Crippen molar-refractivity contribution >= 4 is 11.8 Å². The third-order valence-electron chi connectivity index (χ3n) is 2.80. The molecule has 1 rings (SSSR count). The lowest BCUT2D eigenvalue weighted by atomic mass is 10.1. The van der Waals surface area contributed by atoms with Gasteiger partial charge in [-0.3, -0.25) is 0 Å². The van der Waals surface area contributed by atoms with E-state index in [0.29, 0.717) is 6.54 Å². The van der Waals surface area contributed by atoms with Gasteiger partial charge in [0, 0.05) is 11.4 Å². The summed E-state index contributed by atoms with van der Waals surface area (Å²) in [7, 11) is 1.86. The van der Waals surface area contributed by atoms with E-state index >= 15 is 0 Å². The van der Waals surface area contributed by atoms with Crippen LogP contribution in [0, 0.1) is 5.92 Å². The average Bonchev–Trinajstić information content (AvgIpc) is 2.31. The van der Waals surface area contributed by atoms with E-state index in [1.807, 2.05) is 18.8 Å². The highest BCUT2D eigenvalue weighted by Crippen LogP contribution is 2.21. The molecule has 2 N–H and O–H groups in total. The van der Waals surface area contributed by atoms with Gasteiger partial charge in [0.25, 0.3) is 0 Å². The molecule has 1 aromatic rings. The Hall–Kier alpha value is -0.510. The fourth-order valence-corrected chi connectivity index (χ4v) is 2.87. The molecule has 18 heavy (non-hydrogen) atoms. The molecule has 0 aliphatic heterocycles. The molecule has 1 unspecified atom stereocenters. The first-order chi connectivity index (χ1) is 8.61. The van der Waals surface area contributed by atoms with Gasteiger partial charge in [-0.15, -0.1) is 11.8 Å². The van der Waals surface area contributed by atoms with Crippen LogP contribution in [0.4, 0.5) is 0 Å². The predicted octanol–water partition coefficient (Wildman–Crippen LogP) is 2.95. The zero-order valence-corrected chi connectivity index (χ0v) is 12.5. The van der Waals surface area contributed by atoms with Crippen LogP contribution in [0.25, 0.3) is 0 Å². The Balaban J connectivity index is 2.37. The molecule has 0 amide bonds. The molecular weight excluding hydrogens is 242 g/mol. The van der Waals surface area contributed by atoms with E-state index in [2.05, 4.69) is 43.4 Å². The van der Waals surface area contributed by atoms with Crippen molar-refractivity contribution in [3.63, 3.8) is 0 Å². The number of hydrogen-bond donors (Lipinski definition) is 2. The maximum Gasteiger partial charge on any atom is 0.0704 e. The van der Waals surface area contributed by atoms with Crippen LogP contribution in [0.5, 0.6) is 0 Å². The topological polar surface area (TPSA) is 32.3 Å². The van der Waals surface area contributed by atoms with E-state index < -0.39 is 0 Å². The lowest BCUT2D eigenvalue weighted by Crippen LogP contribution is -2.25. The second-order valence-electron chi connectivity index (χ2n) is 5.09. The summed E-state index contributed by atoms with van der Waals surface area (Å²) in [6.07, 6.45) is 1.68. The molecule has 0 heterocycles. The molecule has 3 heteroatoms. The number of thioether (sulfide) groups is 1. The van der Waals surface area contributed by atoms with Crippen LogP contribution in [0.1, 0.15) is 25.8 Å². The lowest BCUT2D eigenvalue weighted by Gasteiger charge is -2.10. The van der Waals surface area contributed by atoms with Crippen molar-refractivity contribution in [2.24, 2.45) is 5.92 Å². The van der Waals surface area contributed by atoms with Crippen LogP contribution in [0.2, 0.25) is 0 Å². The summed E-state index contributed by atoms with van der Waals surface area (Å²) >= 11 is 1.91. The fraction of sp³-hybridized carbons (Fsp3) is 0.600. The minimum Gasteiger partial charge on any atom is -0.391 e. The molecule has 0 saturated heterocycles. The molecule has 0 radical (unpaired) electrons. The average molecular weight is 267 g/mol. The summed E-state index contributed by atoms with van der Waals surface area (Å²) < 4.78 is 0. The molecular formula is C15H25NOS. The Kier molecular flexibility index (Phi) is 7.40.